The van der Waals surface area contributed by atoms with Crippen molar-refractivity contribution in [1.29, 1.82) is 0 Å². The normalized spacial score (nSPS) is 11.4. The summed E-state index contributed by atoms with van der Waals surface area (Å²) in [7, 11) is 2.01. The number of anilines is 1. The third-order valence-corrected chi connectivity index (χ3v) is 3.95. The number of hydrazone groups is 1. The van der Waals surface area contributed by atoms with E-state index in [1.807, 2.05) is 19.2 Å². The molecule has 0 saturated heterocycles. The van der Waals surface area contributed by atoms with E-state index in [0.717, 1.165) is 11.2 Å². The molecule has 0 radical (unpaired) electrons. The average Bonchev–Trinajstić information content (AvgIpc) is 2.79. The van der Waals surface area contributed by atoms with Gasteiger partial charge in [-0.1, -0.05) is 47.5 Å². The predicted molar refractivity (Wildman–Crippen MR) is 90.6 cm³/mol. The van der Waals surface area contributed by atoms with Crippen LogP contribution in [0.3, 0.4) is 0 Å². The number of hydrogen-bond acceptors (Lipinski definition) is 2. The summed E-state index contributed by atoms with van der Waals surface area (Å²) in [5, 5.41) is 6.48. The van der Waals surface area contributed by atoms with Crippen LogP contribution in [0, 0.1) is 0 Å². The maximum atomic E-state index is 6.08. The minimum atomic E-state index is 0.539. The van der Waals surface area contributed by atoms with Crippen LogP contribution in [-0.2, 0) is 7.05 Å². The van der Waals surface area contributed by atoms with Gasteiger partial charge in [-0.15, -0.1) is 0 Å². The van der Waals surface area contributed by atoms with Gasteiger partial charge in [-0.25, -0.2) is 0 Å². The van der Waals surface area contributed by atoms with Crippen LogP contribution >= 0.6 is 23.2 Å². The van der Waals surface area contributed by atoms with Gasteiger partial charge in [0, 0.05) is 18.0 Å². The maximum absolute atomic E-state index is 6.08. The van der Waals surface area contributed by atoms with Gasteiger partial charge in [-0.05, 0) is 24.3 Å². The van der Waals surface area contributed by atoms with E-state index in [9.17, 15) is 0 Å². The molecule has 1 N–H and O–H groups in total. The number of fused-ring (bicyclic) bond motifs is 1. The number of aromatic nitrogens is 1. The molecule has 106 valence electrons. The molecule has 0 amide bonds. The first kappa shape index (κ1) is 14.0. The quantitative estimate of drug-likeness (QED) is 0.538. The number of benzene rings is 2. The smallest absolute Gasteiger partial charge is 0.0934 e. The standard InChI is InChI=1S/C16H13Cl2N3/c1-21-12(9-11-5-2-3-8-15(11)21)10-19-20-16-13(17)6-4-7-14(16)18/h2-10,20H,1H3/b19-10+. The van der Waals surface area contributed by atoms with Crippen LogP contribution < -0.4 is 5.43 Å². The first-order valence-corrected chi connectivity index (χ1v) is 7.20. The highest BCUT2D eigenvalue weighted by Gasteiger charge is 2.04. The highest BCUT2D eigenvalue weighted by Crippen LogP contribution is 2.29. The summed E-state index contributed by atoms with van der Waals surface area (Å²) in [5.74, 6) is 0. The molecule has 0 saturated carbocycles. The molecule has 2 aromatic carbocycles. The van der Waals surface area contributed by atoms with Gasteiger partial charge in [0.05, 0.1) is 27.6 Å². The van der Waals surface area contributed by atoms with Gasteiger partial charge in [-0.2, -0.15) is 5.10 Å². The molecule has 0 atom stereocenters. The topological polar surface area (TPSA) is 29.3 Å². The van der Waals surface area contributed by atoms with Crippen LogP contribution in [0.4, 0.5) is 5.69 Å². The molecule has 0 bridgehead atoms. The number of para-hydroxylation sites is 2. The molecule has 0 aliphatic heterocycles. The number of rotatable bonds is 3. The zero-order chi connectivity index (χ0) is 14.8. The van der Waals surface area contributed by atoms with Gasteiger partial charge in [0.15, 0.2) is 0 Å². The fourth-order valence-electron chi connectivity index (χ4n) is 2.20. The second kappa shape index (κ2) is 5.80. The van der Waals surface area contributed by atoms with E-state index in [4.69, 9.17) is 23.2 Å². The van der Waals surface area contributed by atoms with Crippen molar-refractivity contribution in [3.05, 3.63) is 64.3 Å². The van der Waals surface area contributed by atoms with Gasteiger partial charge in [0.1, 0.15) is 0 Å². The molecule has 5 heteroatoms. The molecule has 0 aliphatic carbocycles. The van der Waals surface area contributed by atoms with Crippen LogP contribution in [0.2, 0.25) is 10.0 Å². The lowest BCUT2D eigenvalue weighted by atomic mass is 10.2. The van der Waals surface area contributed by atoms with Gasteiger partial charge < -0.3 is 4.57 Å². The summed E-state index contributed by atoms with van der Waals surface area (Å²) in [6.45, 7) is 0. The van der Waals surface area contributed by atoms with Crippen LogP contribution in [0.25, 0.3) is 10.9 Å². The van der Waals surface area contributed by atoms with Crippen molar-refractivity contribution in [1.82, 2.24) is 4.57 Å². The van der Waals surface area contributed by atoms with Crippen LogP contribution in [0.1, 0.15) is 5.69 Å². The minimum absolute atomic E-state index is 0.539. The Morgan fingerprint density at radius 2 is 1.76 bits per heavy atom. The Hall–Kier alpha value is -1.97. The molecule has 0 fully saturated rings. The van der Waals surface area contributed by atoms with Crippen LogP contribution in [0.5, 0.6) is 0 Å². The Labute approximate surface area is 132 Å². The zero-order valence-corrected chi connectivity index (χ0v) is 12.9. The fourth-order valence-corrected chi connectivity index (χ4v) is 2.68. The van der Waals surface area contributed by atoms with Crippen molar-refractivity contribution in [3.8, 4) is 0 Å². The van der Waals surface area contributed by atoms with Crippen molar-refractivity contribution in [2.24, 2.45) is 12.1 Å². The first-order chi connectivity index (χ1) is 10.2. The molecule has 0 aliphatic rings. The second-order valence-corrected chi connectivity index (χ2v) is 5.47. The average molecular weight is 318 g/mol. The molecular weight excluding hydrogens is 305 g/mol. The van der Waals surface area contributed by atoms with E-state index in [-0.39, 0.29) is 0 Å². The van der Waals surface area contributed by atoms with Gasteiger partial charge in [0.25, 0.3) is 0 Å². The third-order valence-electron chi connectivity index (χ3n) is 3.32. The monoisotopic (exact) mass is 317 g/mol. The lowest BCUT2D eigenvalue weighted by molar-refractivity contribution is 0.958. The predicted octanol–water partition coefficient (Wildman–Crippen LogP) is 4.93. The molecule has 21 heavy (non-hydrogen) atoms. The number of aryl methyl sites for hydroxylation is 1. The Balaban J connectivity index is 1.87. The van der Waals surface area contributed by atoms with Crippen LogP contribution in [-0.4, -0.2) is 10.8 Å². The number of halogens is 2. The Kier molecular flexibility index (Phi) is 3.86. The third kappa shape index (κ3) is 2.75. The van der Waals surface area contributed by atoms with Crippen molar-refractivity contribution in [2.75, 3.05) is 5.43 Å². The van der Waals surface area contributed by atoms with E-state index >= 15 is 0 Å². The lowest BCUT2D eigenvalue weighted by Crippen LogP contribution is -1.97. The van der Waals surface area contributed by atoms with Crippen LogP contribution in [0.15, 0.2) is 53.6 Å². The first-order valence-electron chi connectivity index (χ1n) is 6.44. The summed E-state index contributed by atoms with van der Waals surface area (Å²) in [6, 6.07) is 15.6. The van der Waals surface area contributed by atoms with E-state index in [1.54, 1.807) is 24.4 Å². The van der Waals surface area contributed by atoms with Crippen molar-refractivity contribution in [3.63, 3.8) is 0 Å². The summed E-state index contributed by atoms with van der Waals surface area (Å²) < 4.78 is 2.08. The SMILES string of the molecule is Cn1c(/C=N/Nc2c(Cl)cccc2Cl)cc2ccccc21. The molecule has 3 aromatic rings. The number of hydrogen-bond donors (Lipinski definition) is 1. The Morgan fingerprint density at radius 3 is 2.48 bits per heavy atom. The van der Waals surface area contributed by atoms with Crippen molar-refractivity contribution >= 4 is 46.0 Å². The molecule has 3 rings (SSSR count). The molecule has 3 nitrogen and oxygen atoms in total. The minimum Gasteiger partial charge on any atom is -0.343 e. The zero-order valence-electron chi connectivity index (χ0n) is 11.3. The van der Waals surface area contributed by atoms with E-state index < -0.39 is 0 Å². The van der Waals surface area contributed by atoms with Gasteiger partial charge in [-0.3, -0.25) is 5.43 Å². The second-order valence-electron chi connectivity index (χ2n) is 4.65. The summed E-state index contributed by atoms with van der Waals surface area (Å²) in [6.07, 6.45) is 1.75. The van der Waals surface area contributed by atoms with Crippen molar-refractivity contribution < 1.29 is 0 Å². The Bertz CT molecular complexity index is 801. The molecule has 1 heterocycles. The number of nitrogens with zero attached hydrogens (tertiary/aromatic N) is 2. The highest BCUT2D eigenvalue weighted by atomic mass is 35.5. The fraction of sp³-hybridized carbons (Fsp3) is 0.0625. The molecule has 1 aromatic heterocycles. The summed E-state index contributed by atoms with van der Waals surface area (Å²) in [5.41, 5.74) is 5.66. The Morgan fingerprint density at radius 1 is 1.05 bits per heavy atom. The largest absolute Gasteiger partial charge is 0.343 e. The van der Waals surface area contributed by atoms with Gasteiger partial charge in [0.2, 0.25) is 0 Å². The molecule has 0 spiro atoms. The van der Waals surface area contributed by atoms with Crippen molar-refractivity contribution in [2.45, 2.75) is 0 Å². The highest BCUT2D eigenvalue weighted by molar-refractivity contribution is 6.39. The lowest BCUT2D eigenvalue weighted by Gasteiger charge is -2.05. The number of nitrogens with one attached hydrogen (secondary N) is 1. The summed E-state index contributed by atoms with van der Waals surface area (Å²) in [4.78, 5) is 0. The van der Waals surface area contributed by atoms with E-state index in [2.05, 4.69) is 33.3 Å². The van der Waals surface area contributed by atoms with Gasteiger partial charge >= 0.3 is 0 Å². The maximum Gasteiger partial charge on any atom is 0.0934 e. The summed E-state index contributed by atoms with van der Waals surface area (Å²) >= 11 is 12.2. The van der Waals surface area contributed by atoms with E-state index in [1.165, 1.54) is 5.39 Å². The molecular formula is C16H13Cl2N3. The van der Waals surface area contributed by atoms with E-state index in [0.29, 0.717) is 15.7 Å². The molecule has 0 unspecified atom stereocenters.